The maximum absolute atomic E-state index is 9.47. The van der Waals surface area contributed by atoms with Crippen LogP contribution in [0.25, 0.3) is 0 Å². The van der Waals surface area contributed by atoms with Crippen LogP contribution < -0.4 is 4.90 Å². The number of anilines is 1. The van der Waals surface area contributed by atoms with E-state index in [9.17, 15) is 5.11 Å². The molecule has 0 atom stereocenters. The molecule has 18 heavy (non-hydrogen) atoms. The van der Waals surface area contributed by atoms with Crippen molar-refractivity contribution in [3.05, 3.63) is 63.6 Å². The third-order valence-corrected chi connectivity index (χ3v) is 3.89. The van der Waals surface area contributed by atoms with Gasteiger partial charge >= 0.3 is 0 Å². The first-order valence-corrected chi connectivity index (χ1v) is 6.78. The van der Waals surface area contributed by atoms with Crippen molar-refractivity contribution in [2.45, 2.75) is 19.7 Å². The van der Waals surface area contributed by atoms with Crippen LogP contribution in [0, 0.1) is 0 Å². The predicted molar refractivity (Wildman–Crippen MR) is 76.4 cm³/mol. The molecule has 0 radical (unpaired) electrons. The number of aliphatic hydroxyl groups is 1. The molecule has 0 fully saturated rings. The number of nitrogens with zero attached hydrogens (tertiary/aromatic N) is 1. The van der Waals surface area contributed by atoms with Gasteiger partial charge in [-0.15, -0.1) is 0 Å². The predicted octanol–water partition coefficient (Wildman–Crippen LogP) is 3.46. The molecule has 92 valence electrons. The van der Waals surface area contributed by atoms with Gasteiger partial charge in [-0.2, -0.15) is 0 Å². The van der Waals surface area contributed by atoms with E-state index < -0.39 is 0 Å². The van der Waals surface area contributed by atoms with Crippen molar-refractivity contribution in [1.29, 1.82) is 0 Å². The number of benzene rings is 2. The van der Waals surface area contributed by atoms with Gasteiger partial charge in [-0.05, 0) is 29.3 Å². The van der Waals surface area contributed by atoms with E-state index in [1.165, 1.54) is 11.1 Å². The maximum Gasteiger partial charge on any atom is 0.0702 e. The lowest BCUT2D eigenvalue weighted by atomic mass is 10.1. The molecule has 1 N–H and O–H groups in total. The molecule has 0 aromatic heterocycles. The van der Waals surface area contributed by atoms with E-state index in [4.69, 9.17) is 0 Å². The molecule has 3 rings (SSSR count). The van der Waals surface area contributed by atoms with Crippen LogP contribution in [-0.2, 0) is 19.7 Å². The Morgan fingerprint density at radius 2 is 1.72 bits per heavy atom. The summed E-state index contributed by atoms with van der Waals surface area (Å²) in [4.78, 5) is 2.31. The van der Waals surface area contributed by atoms with Gasteiger partial charge < -0.3 is 10.0 Å². The summed E-state index contributed by atoms with van der Waals surface area (Å²) in [7, 11) is 0. The zero-order valence-electron chi connectivity index (χ0n) is 9.94. The fourth-order valence-electron chi connectivity index (χ4n) is 2.49. The van der Waals surface area contributed by atoms with Gasteiger partial charge in [-0.3, -0.25) is 0 Å². The number of fused-ring (bicyclic) bond motifs is 1. The van der Waals surface area contributed by atoms with Gasteiger partial charge in [0.2, 0.25) is 0 Å². The Bertz CT molecular complexity index is 557. The van der Waals surface area contributed by atoms with Gasteiger partial charge in [0.05, 0.1) is 6.61 Å². The Kier molecular flexibility index (Phi) is 3.10. The molecule has 0 amide bonds. The fraction of sp³-hybridized carbons (Fsp3) is 0.200. The van der Waals surface area contributed by atoms with Crippen LogP contribution in [0.2, 0.25) is 0 Å². The zero-order valence-corrected chi connectivity index (χ0v) is 11.5. The Balaban J connectivity index is 1.95. The highest BCUT2D eigenvalue weighted by Gasteiger charge is 2.20. The van der Waals surface area contributed by atoms with Gasteiger partial charge in [0.15, 0.2) is 0 Å². The third kappa shape index (κ3) is 2.04. The second-order valence-electron chi connectivity index (χ2n) is 4.56. The average Bonchev–Trinajstić information content (AvgIpc) is 2.82. The monoisotopic (exact) mass is 303 g/mol. The molecule has 0 aliphatic carbocycles. The molecule has 0 bridgehead atoms. The molecule has 2 nitrogen and oxygen atoms in total. The summed E-state index contributed by atoms with van der Waals surface area (Å²) >= 11 is 3.44. The summed E-state index contributed by atoms with van der Waals surface area (Å²) in [6.07, 6.45) is 0. The van der Waals surface area contributed by atoms with Crippen molar-refractivity contribution in [2.75, 3.05) is 4.90 Å². The van der Waals surface area contributed by atoms with E-state index in [0.717, 1.165) is 28.8 Å². The minimum Gasteiger partial charge on any atom is -0.392 e. The van der Waals surface area contributed by atoms with E-state index in [2.05, 4.69) is 51.2 Å². The van der Waals surface area contributed by atoms with Crippen LogP contribution >= 0.6 is 15.9 Å². The van der Waals surface area contributed by atoms with E-state index in [-0.39, 0.29) is 6.61 Å². The lowest BCUT2D eigenvalue weighted by Crippen LogP contribution is -2.16. The molecule has 2 aromatic carbocycles. The zero-order chi connectivity index (χ0) is 12.5. The molecule has 0 saturated heterocycles. The van der Waals surface area contributed by atoms with Crippen molar-refractivity contribution in [3.8, 4) is 0 Å². The van der Waals surface area contributed by atoms with Crippen molar-refractivity contribution in [1.82, 2.24) is 0 Å². The number of hydrogen-bond acceptors (Lipinski definition) is 2. The standard InChI is InChI=1S/C15H14BrNO/c16-14-5-6-15(13(7-14)10-18)17-8-11-3-1-2-4-12(11)9-17/h1-7,18H,8-10H2. The Hall–Kier alpha value is -1.32. The maximum atomic E-state index is 9.47. The smallest absolute Gasteiger partial charge is 0.0702 e. The van der Waals surface area contributed by atoms with Crippen LogP contribution in [0.5, 0.6) is 0 Å². The topological polar surface area (TPSA) is 23.5 Å². The summed E-state index contributed by atoms with van der Waals surface area (Å²) < 4.78 is 1.01. The summed E-state index contributed by atoms with van der Waals surface area (Å²) in [6.45, 7) is 1.91. The molecular weight excluding hydrogens is 290 g/mol. The summed E-state index contributed by atoms with van der Waals surface area (Å²) in [6, 6.07) is 14.6. The molecule has 1 aliphatic heterocycles. The van der Waals surface area contributed by atoms with E-state index in [1.807, 2.05) is 12.1 Å². The first-order chi connectivity index (χ1) is 8.78. The van der Waals surface area contributed by atoms with Crippen LogP contribution in [0.1, 0.15) is 16.7 Å². The normalized spacial score (nSPS) is 13.8. The SMILES string of the molecule is OCc1cc(Br)ccc1N1Cc2ccccc2C1. The summed E-state index contributed by atoms with van der Waals surface area (Å²) in [5.74, 6) is 0. The first kappa shape index (κ1) is 11.8. The Morgan fingerprint density at radius 1 is 1.06 bits per heavy atom. The number of halogens is 1. The summed E-state index contributed by atoms with van der Waals surface area (Å²) in [5, 5.41) is 9.47. The van der Waals surface area contributed by atoms with Crippen molar-refractivity contribution in [3.63, 3.8) is 0 Å². The number of aliphatic hydroxyl groups excluding tert-OH is 1. The molecule has 0 spiro atoms. The van der Waals surface area contributed by atoms with Gasteiger partial charge in [-0.25, -0.2) is 0 Å². The van der Waals surface area contributed by atoms with Gasteiger partial charge in [0.25, 0.3) is 0 Å². The molecule has 2 aromatic rings. The van der Waals surface area contributed by atoms with Crippen LogP contribution in [0.15, 0.2) is 46.9 Å². The highest BCUT2D eigenvalue weighted by molar-refractivity contribution is 9.10. The van der Waals surface area contributed by atoms with Crippen LogP contribution in [0.4, 0.5) is 5.69 Å². The highest BCUT2D eigenvalue weighted by atomic mass is 79.9. The second-order valence-corrected chi connectivity index (χ2v) is 5.47. The van der Waals surface area contributed by atoms with Crippen molar-refractivity contribution < 1.29 is 5.11 Å². The minimum absolute atomic E-state index is 0.0711. The minimum atomic E-state index is 0.0711. The van der Waals surface area contributed by atoms with Gasteiger partial charge in [0, 0.05) is 28.8 Å². The van der Waals surface area contributed by atoms with Crippen LogP contribution in [-0.4, -0.2) is 5.11 Å². The Labute approximate surface area is 115 Å². The molecular formula is C15H14BrNO. The van der Waals surface area contributed by atoms with Gasteiger partial charge in [0.1, 0.15) is 0 Å². The average molecular weight is 304 g/mol. The first-order valence-electron chi connectivity index (χ1n) is 5.99. The lowest BCUT2D eigenvalue weighted by molar-refractivity contribution is 0.282. The fourth-order valence-corrected chi connectivity index (χ4v) is 2.90. The lowest BCUT2D eigenvalue weighted by Gasteiger charge is -2.21. The largest absolute Gasteiger partial charge is 0.392 e. The number of rotatable bonds is 2. The van der Waals surface area contributed by atoms with Crippen LogP contribution in [0.3, 0.4) is 0 Å². The molecule has 0 saturated carbocycles. The van der Waals surface area contributed by atoms with Crippen molar-refractivity contribution >= 4 is 21.6 Å². The quantitative estimate of drug-likeness (QED) is 0.918. The van der Waals surface area contributed by atoms with E-state index >= 15 is 0 Å². The third-order valence-electron chi connectivity index (χ3n) is 3.39. The van der Waals surface area contributed by atoms with Gasteiger partial charge in [-0.1, -0.05) is 40.2 Å². The van der Waals surface area contributed by atoms with Crippen molar-refractivity contribution in [2.24, 2.45) is 0 Å². The van der Waals surface area contributed by atoms with E-state index in [0.29, 0.717) is 0 Å². The highest BCUT2D eigenvalue weighted by Crippen LogP contribution is 2.32. The molecule has 0 unspecified atom stereocenters. The molecule has 3 heteroatoms. The summed E-state index contributed by atoms with van der Waals surface area (Å²) in [5.41, 5.74) is 4.85. The van der Waals surface area contributed by atoms with E-state index in [1.54, 1.807) is 0 Å². The Morgan fingerprint density at radius 3 is 2.33 bits per heavy atom. The number of hydrogen-bond donors (Lipinski definition) is 1. The molecule has 1 aliphatic rings. The second kappa shape index (κ2) is 4.75. The molecule has 1 heterocycles.